The number of urea groups is 1. The van der Waals surface area contributed by atoms with Gasteiger partial charge in [0, 0.05) is 26.2 Å². The van der Waals surface area contributed by atoms with Crippen LogP contribution in [0.2, 0.25) is 0 Å². The van der Waals surface area contributed by atoms with Crippen molar-refractivity contribution in [1.82, 2.24) is 15.1 Å². The molecule has 0 aromatic heterocycles. The predicted molar refractivity (Wildman–Crippen MR) is 110 cm³/mol. The van der Waals surface area contributed by atoms with Gasteiger partial charge in [0.25, 0.3) is 0 Å². The molecular weight excluding hydrogens is 350 g/mol. The monoisotopic (exact) mass is 379 g/mol. The van der Waals surface area contributed by atoms with E-state index in [4.69, 9.17) is 0 Å². The fourth-order valence-electron chi connectivity index (χ4n) is 4.41. The normalized spacial score (nSPS) is 20.6. The third-order valence-electron chi connectivity index (χ3n) is 6.05. The van der Waals surface area contributed by atoms with Crippen molar-refractivity contribution in [3.05, 3.63) is 71.3 Å². The van der Waals surface area contributed by atoms with E-state index in [1.165, 1.54) is 16.7 Å². The Labute approximate surface area is 167 Å². The van der Waals surface area contributed by atoms with Crippen LogP contribution in [0.15, 0.2) is 54.6 Å². The maximum absolute atomic E-state index is 12.8. The Hall–Kier alpha value is -2.37. The van der Waals surface area contributed by atoms with E-state index >= 15 is 0 Å². The summed E-state index contributed by atoms with van der Waals surface area (Å²) in [5.74, 6) is 0.287. The van der Waals surface area contributed by atoms with Gasteiger partial charge in [-0.2, -0.15) is 0 Å². The highest BCUT2D eigenvalue weighted by molar-refractivity contribution is 5.75. The number of amides is 2. The lowest BCUT2D eigenvalue weighted by Gasteiger charge is -2.32. The lowest BCUT2D eigenvalue weighted by Crippen LogP contribution is -2.50. The number of hydrogen-bond acceptors (Lipinski definition) is 3. The number of nitrogens with one attached hydrogen (secondary N) is 1. The van der Waals surface area contributed by atoms with Crippen LogP contribution in [-0.2, 0) is 19.5 Å². The molecule has 5 nitrogen and oxygen atoms in total. The number of carbonyl (C=O) groups is 1. The lowest BCUT2D eigenvalue weighted by molar-refractivity contribution is 0.161. The zero-order valence-corrected chi connectivity index (χ0v) is 16.3. The first-order valence-electron chi connectivity index (χ1n) is 10.2. The summed E-state index contributed by atoms with van der Waals surface area (Å²) >= 11 is 0. The summed E-state index contributed by atoms with van der Waals surface area (Å²) in [7, 11) is 0. The van der Waals surface area contributed by atoms with Crippen molar-refractivity contribution < 1.29 is 9.90 Å². The third kappa shape index (κ3) is 4.37. The van der Waals surface area contributed by atoms with Gasteiger partial charge in [-0.25, -0.2) is 4.79 Å². The molecule has 2 atom stereocenters. The quantitative estimate of drug-likeness (QED) is 0.840. The van der Waals surface area contributed by atoms with Crippen molar-refractivity contribution in [1.29, 1.82) is 0 Å². The Morgan fingerprint density at radius 2 is 1.82 bits per heavy atom. The number of hydrogen-bond donors (Lipinski definition) is 2. The molecule has 2 aromatic rings. The summed E-state index contributed by atoms with van der Waals surface area (Å²) in [6.07, 6.45) is 1.89. The van der Waals surface area contributed by atoms with E-state index in [9.17, 15) is 9.90 Å². The lowest BCUT2D eigenvalue weighted by atomic mass is 9.99. The largest absolute Gasteiger partial charge is 0.394 e. The Balaban J connectivity index is 1.31. The van der Waals surface area contributed by atoms with E-state index < -0.39 is 0 Å². The second-order valence-corrected chi connectivity index (χ2v) is 7.95. The van der Waals surface area contributed by atoms with Crippen LogP contribution >= 0.6 is 0 Å². The minimum absolute atomic E-state index is 0.0139. The average molecular weight is 380 g/mol. The fraction of sp³-hybridized carbons (Fsp3) is 0.435. The predicted octanol–water partition coefficient (Wildman–Crippen LogP) is 2.64. The minimum Gasteiger partial charge on any atom is -0.394 e. The van der Waals surface area contributed by atoms with Gasteiger partial charge in [0.05, 0.1) is 12.6 Å². The molecule has 2 aromatic carbocycles. The van der Waals surface area contributed by atoms with E-state index in [0.717, 1.165) is 39.0 Å². The van der Waals surface area contributed by atoms with Crippen LogP contribution < -0.4 is 5.32 Å². The summed E-state index contributed by atoms with van der Waals surface area (Å²) in [6.45, 7) is 4.19. The second-order valence-electron chi connectivity index (χ2n) is 7.95. The Morgan fingerprint density at radius 1 is 1.07 bits per heavy atom. The number of aliphatic hydroxyl groups excluding tert-OH is 1. The van der Waals surface area contributed by atoms with Crippen molar-refractivity contribution in [3.63, 3.8) is 0 Å². The molecule has 2 aliphatic rings. The van der Waals surface area contributed by atoms with Gasteiger partial charge in [-0.05, 0) is 42.0 Å². The molecule has 0 bridgehead atoms. The van der Waals surface area contributed by atoms with Crippen molar-refractivity contribution in [2.45, 2.75) is 32.0 Å². The van der Waals surface area contributed by atoms with Gasteiger partial charge < -0.3 is 15.3 Å². The zero-order chi connectivity index (χ0) is 19.3. The first-order chi connectivity index (χ1) is 13.7. The first-order valence-corrected chi connectivity index (χ1v) is 10.2. The molecule has 2 amide bonds. The third-order valence-corrected chi connectivity index (χ3v) is 6.05. The molecule has 5 heteroatoms. The van der Waals surface area contributed by atoms with Crippen LogP contribution in [0.25, 0.3) is 0 Å². The van der Waals surface area contributed by atoms with Crippen molar-refractivity contribution in [3.8, 4) is 0 Å². The topological polar surface area (TPSA) is 55.8 Å². The molecule has 148 valence electrons. The highest BCUT2D eigenvalue weighted by Gasteiger charge is 2.31. The van der Waals surface area contributed by atoms with Crippen molar-refractivity contribution in [2.24, 2.45) is 5.92 Å². The Morgan fingerprint density at radius 3 is 2.61 bits per heavy atom. The van der Waals surface area contributed by atoms with Crippen LogP contribution in [0.4, 0.5) is 4.79 Å². The van der Waals surface area contributed by atoms with Gasteiger partial charge >= 0.3 is 6.03 Å². The number of nitrogens with zero attached hydrogens (tertiary/aromatic N) is 2. The van der Waals surface area contributed by atoms with Gasteiger partial charge in [0.1, 0.15) is 0 Å². The SMILES string of the molecule is O=C(NC(CO)C1CCN(Cc2ccccc2)C1)N1CCc2ccccc2C1. The second kappa shape index (κ2) is 8.76. The molecule has 2 N–H and O–H groups in total. The van der Waals surface area contributed by atoms with Crippen LogP contribution in [0.5, 0.6) is 0 Å². The molecule has 1 fully saturated rings. The summed E-state index contributed by atoms with van der Waals surface area (Å²) in [6, 6.07) is 18.5. The van der Waals surface area contributed by atoms with Crippen LogP contribution in [0.3, 0.4) is 0 Å². The van der Waals surface area contributed by atoms with Gasteiger partial charge in [-0.15, -0.1) is 0 Å². The molecule has 0 spiro atoms. The number of benzene rings is 2. The Bertz CT molecular complexity index is 795. The number of fused-ring (bicyclic) bond motifs is 1. The van der Waals surface area contributed by atoms with E-state index in [1.807, 2.05) is 17.0 Å². The molecule has 4 rings (SSSR count). The van der Waals surface area contributed by atoms with Crippen LogP contribution in [-0.4, -0.2) is 53.2 Å². The maximum Gasteiger partial charge on any atom is 0.318 e. The van der Waals surface area contributed by atoms with E-state index in [1.54, 1.807) is 0 Å². The number of aliphatic hydroxyl groups is 1. The van der Waals surface area contributed by atoms with E-state index in [0.29, 0.717) is 6.54 Å². The van der Waals surface area contributed by atoms with Crippen molar-refractivity contribution in [2.75, 3.05) is 26.2 Å². The van der Waals surface area contributed by atoms with Gasteiger partial charge in [0.15, 0.2) is 0 Å². The smallest absolute Gasteiger partial charge is 0.318 e. The molecule has 0 radical (unpaired) electrons. The summed E-state index contributed by atoms with van der Waals surface area (Å²) in [4.78, 5) is 17.1. The average Bonchev–Trinajstić information content (AvgIpc) is 3.20. The highest BCUT2D eigenvalue weighted by Crippen LogP contribution is 2.23. The molecule has 1 saturated heterocycles. The van der Waals surface area contributed by atoms with Gasteiger partial charge in [0.2, 0.25) is 0 Å². The Kier molecular flexibility index (Phi) is 5.93. The van der Waals surface area contributed by atoms with Gasteiger partial charge in [-0.3, -0.25) is 4.90 Å². The minimum atomic E-state index is -0.189. The zero-order valence-electron chi connectivity index (χ0n) is 16.3. The molecule has 0 saturated carbocycles. The van der Waals surface area contributed by atoms with E-state index in [2.05, 4.69) is 52.7 Å². The highest BCUT2D eigenvalue weighted by atomic mass is 16.3. The summed E-state index contributed by atoms with van der Waals surface area (Å²) in [5, 5.41) is 13.0. The number of carbonyl (C=O) groups excluding carboxylic acids is 1. The fourth-order valence-corrected chi connectivity index (χ4v) is 4.41. The summed E-state index contributed by atoms with van der Waals surface area (Å²) in [5.41, 5.74) is 3.86. The number of rotatable bonds is 5. The van der Waals surface area contributed by atoms with Gasteiger partial charge in [-0.1, -0.05) is 54.6 Å². The molecule has 28 heavy (non-hydrogen) atoms. The molecule has 2 unspecified atom stereocenters. The first kappa shape index (κ1) is 19.0. The maximum atomic E-state index is 12.8. The van der Waals surface area contributed by atoms with Crippen molar-refractivity contribution >= 4 is 6.03 Å². The standard InChI is InChI=1S/C23H29N3O2/c27-17-22(21-10-12-25(15-21)14-18-6-2-1-3-7-18)24-23(28)26-13-11-19-8-4-5-9-20(19)16-26/h1-9,21-22,27H,10-17H2,(H,24,28). The number of likely N-dealkylation sites (tertiary alicyclic amines) is 1. The van der Waals surface area contributed by atoms with Crippen LogP contribution in [0.1, 0.15) is 23.1 Å². The molecular formula is C23H29N3O2. The summed E-state index contributed by atoms with van der Waals surface area (Å²) < 4.78 is 0. The molecule has 2 aliphatic heterocycles. The molecule has 0 aliphatic carbocycles. The van der Waals surface area contributed by atoms with E-state index in [-0.39, 0.29) is 24.6 Å². The molecule has 2 heterocycles. The van der Waals surface area contributed by atoms with Crippen LogP contribution in [0, 0.1) is 5.92 Å².